The second-order valence-corrected chi connectivity index (χ2v) is 14.0. The maximum atomic E-state index is 13.3. The number of nitrogens with zero attached hydrogens (tertiary/aromatic N) is 2. The summed E-state index contributed by atoms with van der Waals surface area (Å²) in [6.45, 7) is 9.74. The lowest BCUT2D eigenvalue weighted by molar-refractivity contribution is -0.227. The SMILES string of the molecule is CO[C@]12C=C[C@](C)(O1)[C@@H](OC(=O)/C=C/c1cn(C)cn1)C[C@H]1C(C)=CC[C@H](C(C)C)[C@H]1/C=C\2CCC1OCC(O)C(O)C1OC(C)=O. The molecule has 4 unspecified atom stereocenters. The lowest BCUT2D eigenvalue weighted by Gasteiger charge is -2.41. The fraction of sp³-hybridized carbons (Fsp3) is 0.639. The smallest absolute Gasteiger partial charge is 0.331 e. The Labute approximate surface area is 277 Å². The number of aryl methyl sites for hydroxylation is 1. The number of imidazole rings is 1. The zero-order chi connectivity index (χ0) is 34.1. The molecule has 1 aliphatic carbocycles. The van der Waals surface area contributed by atoms with Crippen LogP contribution in [0.3, 0.4) is 0 Å². The Morgan fingerprint density at radius 1 is 1.23 bits per heavy atom. The van der Waals surface area contributed by atoms with Crippen LogP contribution >= 0.6 is 0 Å². The molecule has 0 spiro atoms. The van der Waals surface area contributed by atoms with Crippen LogP contribution in [-0.4, -0.2) is 87.3 Å². The van der Waals surface area contributed by atoms with E-state index >= 15 is 0 Å². The lowest BCUT2D eigenvalue weighted by atomic mass is 9.65. The monoisotopic (exact) mass is 654 g/mol. The van der Waals surface area contributed by atoms with Crippen LogP contribution in [0.1, 0.15) is 66.0 Å². The van der Waals surface area contributed by atoms with Crippen molar-refractivity contribution in [3.8, 4) is 0 Å². The van der Waals surface area contributed by atoms with E-state index in [9.17, 15) is 19.8 Å². The number of aliphatic hydroxyl groups is 2. The second kappa shape index (κ2) is 14.2. The minimum absolute atomic E-state index is 0.0710. The number of carbonyl (C=O) groups excluding carboxylic acids is 2. The van der Waals surface area contributed by atoms with Crippen molar-refractivity contribution in [3.63, 3.8) is 0 Å². The fourth-order valence-corrected chi connectivity index (χ4v) is 7.61. The van der Waals surface area contributed by atoms with Crippen LogP contribution in [0.4, 0.5) is 0 Å². The summed E-state index contributed by atoms with van der Waals surface area (Å²) in [5, 5.41) is 20.9. The summed E-state index contributed by atoms with van der Waals surface area (Å²) in [5.41, 5.74) is 1.77. The first-order valence-electron chi connectivity index (χ1n) is 16.6. The first-order chi connectivity index (χ1) is 22.2. The molecule has 4 aliphatic rings. The van der Waals surface area contributed by atoms with Gasteiger partial charge in [-0.3, -0.25) is 4.79 Å². The third kappa shape index (κ3) is 7.49. The van der Waals surface area contributed by atoms with Gasteiger partial charge in [0.1, 0.15) is 23.9 Å². The first-order valence-corrected chi connectivity index (χ1v) is 16.6. The predicted octanol–water partition coefficient (Wildman–Crippen LogP) is 4.05. The molecule has 1 saturated heterocycles. The molecule has 0 saturated carbocycles. The molecule has 3 aliphatic heterocycles. The highest BCUT2D eigenvalue weighted by atomic mass is 16.7. The number of fused-ring (bicyclic) bond motifs is 3. The Kier molecular flexibility index (Phi) is 10.6. The van der Waals surface area contributed by atoms with Crippen molar-refractivity contribution in [1.29, 1.82) is 0 Å². The van der Waals surface area contributed by atoms with Crippen LogP contribution in [0.25, 0.3) is 6.08 Å². The topological polar surface area (TPSA) is 139 Å². The van der Waals surface area contributed by atoms with Crippen molar-refractivity contribution in [2.24, 2.45) is 30.7 Å². The molecule has 2 N–H and O–H groups in total. The summed E-state index contributed by atoms with van der Waals surface area (Å²) in [6.07, 6.45) is 12.5. The molecule has 258 valence electrons. The third-order valence-electron chi connectivity index (χ3n) is 10.3. The Morgan fingerprint density at radius 3 is 2.66 bits per heavy atom. The van der Waals surface area contributed by atoms with E-state index in [4.69, 9.17) is 23.7 Å². The van der Waals surface area contributed by atoms with Crippen LogP contribution in [-0.2, 0) is 40.3 Å². The van der Waals surface area contributed by atoms with Crippen molar-refractivity contribution in [1.82, 2.24) is 9.55 Å². The Morgan fingerprint density at radius 2 is 2.00 bits per heavy atom. The van der Waals surface area contributed by atoms with Crippen LogP contribution in [0.5, 0.6) is 0 Å². The number of carbonyl (C=O) groups is 2. The van der Waals surface area contributed by atoms with Gasteiger partial charge in [-0.1, -0.05) is 31.6 Å². The molecule has 1 aromatic rings. The standard InChI is InChI=1S/C36H50N2O9/c1-21(2)26-11-8-22(3)27-17-31(46-32(41)13-10-25-18-38(6)20-37-25)35(5)14-15-36(43-7,47-35)24(16-28(26)27)9-12-30-34(45-23(4)39)33(42)29(40)19-44-30/h8,10,13-16,18,20-21,26-31,33-34,40,42H,9,11-12,17,19H2,1-7H3/b13-10+,24-16-/t26-,27+,28-,29?,30?,31+,33?,34?,35+,36-/m1/s1. The summed E-state index contributed by atoms with van der Waals surface area (Å²) in [6, 6.07) is 0. The minimum atomic E-state index is -1.27. The van der Waals surface area contributed by atoms with E-state index in [1.165, 1.54) is 18.6 Å². The Bertz CT molecular complexity index is 1430. The van der Waals surface area contributed by atoms with Gasteiger partial charge in [0.05, 0.1) is 24.7 Å². The van der Waals surface area contributed by atoms with Gasteiger partial charge < -0.3 is 38.5 Å². The summed E-state index contributed by atoms with van der Waals surface area (Å²) < 4.78 is 32.4. The van der Waals surface area contributed by atoms with Gasteiger partial charge in [-0.15, -0.1) is 0 Å². The average molecular weight is 655 g/mol. The molecular weight excluding hydrogens is 604 g/mol. The number of ether oxygens (including phenoxy) is 5. The average Bonchev–Trinajstić information content (AvgIpc) is 3.61. The highest BCUT2D eigenvalue weighted by Crippen LogP contribution is 2.50. The van der Waals surface area contributed by atoms with Crippen LogP contribution < -0.4 is 0 Å². The minimum Gasteiger partial charge on any atom is -0.457 e. The molecule has 0 aromatic carbocycles. The van der Waals surface area contributed by atoms with Gasteiger partial charge in [-0.2, -0.15) is 0 Å². The number of hydrogen-bond acceptors (Lipinski definition) is 10. The maximum absolute atomic E-state index is 13.3. The van der Waals surface area contributed by atoms with Gasteiger partial charge in [-0.05, 0) is 87.0 Å². The molecule has 47 heavy (non-hydrogen) atoms. The number of aliphatic hydroxyl groups excluding tert-OH is 2. The maximum Gasteiger partial charge on any atom is 0.331 e. The Balaban J connectivity index is 1.49. The molecule has 11 nitrogen and oxygen atoms in total. The molecule has 11 heteroatoms. The number of hydrogen-bond donors (Lipinski definition) is 2. The van der Waals surface area contributed by atoms with Gasteiger partial charge in [0.15, 0.2) is 6.10 Å². The first kappa shape index (κ1) is 35.2. The van der Waals surface area contributed by atoms with Gasteiger partial charge in [0, 0.05) is 33.4 Å². The highest BCUT2D eigenvalue weighted by Gasteiger charge is 2.53. The molecule has 4 heterocycles. The number of aromatic nitrogens is 2. The van der Waals surface area contributed by atoms with Crippen LogP contribution in [0, 0.1) is 23.7 Å². The summed E-state index contributed by atoms with van der Waals surface area (Å²) in [5.74, 6) is -1.44. The quantitative estimate of drug-likeness (QED) is 0.228. The van der Waals surface area contributed by atoms with Crippen LogP contribution in [0.2, 0.25) is 0 Å². The van der Waals surface area contributed by atoms with E-state index < -0.39 is 53.8 Å². The molecule has 10 atom stereocenters. The summed E-state index contributed by atoms with van der Waals surface area (Å²) in [4.78, 5) is 29.5. The normalized spacial score (nSPS) is 38.2. The zero-order valence-electron chi connectivity index (χ0n) is 28.5. The number of esters is 2. The van der Waals surface area contributed by atoms with Crippen molar-refractivity contribution < 1.29 is 43.5 Å². The number of rotatable bonds is 9. The van der Waals surface area contributed by atoms with E-state index in [1.54, 1.807) is 19.5 Å². The van der Waals surface area contributed by atoms with Crippen molar-refractivity contribution in [3.05, 3.63) is 59.7 Å². The van der Waals surface area contributed by atoms with E-state index in [2.05, 4.69) is 37.9 Å². The second-order valence-electron chi connectivity index (χ2n) is 14.0. The summed E-state index contributed by atoms with van der Waals surface area (Å²) >= 11 is 0. The van der Waals surface area contributed by atoms with E-state index in [-0.39, 0.29) is 18.4 Å². The predicted molar refractivity (Wildman–Crippen MR) is 173 cm³/mol. The fourth-order valence-electron chi connectivity index (χ4n) is 7.61. The molecule has 1 fully saturated rings. The molecule has 0 amide bonds. The molecular formula is C36H50N2O9. The third-order valence-corrected chi connectivity index (χ3v) is 10.3. The lowest BCUT2D eigenvalue weighted by Crippen LogP contribution is -2.54. The molecule has 0 radical (unpaired) electrons. The van der Waals surface area contributed by atoms with E-state index in [0.29, 0.717) is 36.8 Å². The highest BCUT2D eigenvalue weighted by molar-refractivity contribution is 5.86. The molecule has 2 bridgehead atoms. The number of allylic oxidation sites excluding steroid dienone is 3. The molecule has 1 aromatic heterocycles. The largest absolute Gasteiger partial charge is 0.457 e. The van der Waals surface area contributed by atoms with Gasteiger partial charge in [0.2, 0.25) is 5.79 Å². The Hall–Kier alpha value is -3.09. The molecule has 5 rings (SSSR count). The van der Waals surface area contributed by atoms with Crippen molar-refractivity contribution in [2.75, 3.05) is 13.7 Å². The van der Waals surface area contributed by atoms with Crippen LogP contribution in [0.15, 0.2) is 54.1 Å². The van der Waals surface area contributed by atoms with Gasteiger partial charge in [0.25, 0.3) is 0 Å². The van der Waals surface area contributed by atoms with E-state index in [1.807, 2.05) is 36.9 Å². The number of methoxy groups -OCH3 is 1. The summed E-state index contributed by atoms with van der Waals surface area (Å²) in [7, 11) is 3.46. The zero-order valence-corrected chi connectivity index (χ0v) is 28.5. The van der Waals surface area contributed by atoms with Crippen molar-refractivity contribution >= 4 is 18.0 Å². The van der Waals surface area contributed by atoms with Gasteiger partial charge in [-0.25, -0.2) is 9.78 Å². The van der Waals surface area contributed by atoms with E-state index in [0.717, 1.165) is 12.0 Å². The van der Waals surface area contributed by atoms with Crippen molar-refractivity contribution in [2.45, 2.75) is 102 Å². The van der Waals surface area contributed by atoms with Gasteiger partial charge >= 0.3 is 11.9 Å².